The molecule has 1 N–H and O–H groups in total. The molecule has 1 atom stereocenters. The van der Waals surface area contributed by atoms with Crippen molar-refractivity contribution in [3.05, 3.63) is 30.6 Å². The molecule has 1 rings (SSSR count). The van der Waals surface area contributed by atoms with Crippen LogP contribution in [0.2, 0.25) is 0 Å². The Labute approximate surface area is 93.9 Å². The first-order valence-corrected chi connectivity index (χ1v) is 5.83. The quantitative estimate of drug-likeness (QED) is 0.524. The molecule has 1 aliphatic rings. The molecule has 0 spiro atoms. The van der Waals surface area contributed by atoms with Crippen LogP contribution in [0.3, 0.4) is 0 Å². The molecular formula is C13H22N2. The molecule has 0 fully saturated rings. The Hall–Kier alpha value is -1.07. The fraction of sp³-hybridized carbons (Fsp3) is 0.615. The van der Waals surface area contributed by atoms with Gasteiger partial charge in [0.1, 0.15) is 6.20 Å². The zero-order chi connectivity index (χ0) is 11.5. The number of quaternary nitrogens is 1. The molecule has 0 aliphatic carbocycles. The van der Waals surface area contributed by atoms with Crippen LogP contribution >= 0.6 is 0 Å². The first kappa shape index (κ1) is 13.9. The number of allylic oxidation sites excluding steroid dienone is 2. The molecule has 0 bridgehead atoms. The van der Waals surface area contributed by atoms with E-state index < -0.39 is 0 Å². The highest BCUT2D eigenvalue weighted by Crippen LogP contribution is 2.06. The molecule has 2 heteroatoms. The topological polar surface area (TPSA) is 28.2 Å². The summed E-state index contributed by atoms with van der Waals surface area (Å²) >= 11 is 0. The first-order chi connectivity index (χ1) is 7.36. The van der Waals surface area contributed by atoms with E-state index in [2.05, 4.69) is 32.3 Å². The van der Waals surface area contributed by atoms with Crippen LogP contribution in [0.15, 0.2) is 24.0 Å². The average Bonchev–Trinajstić information content (AvgIpc) is 2.70. The van der Waals surface area contributed by atoms with Crippen LogP contribution in [-0.4, -0.2) is 6.54 Å². The minimum Gasteiger partial charge on any atom is -0.512 e. The summed E-state index contributed by atoms with van der Waals surface area (Å²) in [6, 6.07) is 0. The van der Waals surface area contributed by atoms with Gasteiger partial charge in [-0.3, -0.25) is 4.90 Å². The number of unbranched alkanes of at least 4 members (excludes halogenated alkanes) is 2. The van der Waals surface area contributed by atoms with E-state index in [0.717, 1.165) is 0 Å². The smallest absolute Gasteiger partial charge is 0.102 e. The van der Waals surface area contributed by atoms with Gasteiger partial charge in [0.25, 0.3) is 0 Å². The van der Waals surface area contributed by atoms with E-state index in [-0.39, 0.29) is 0 Å². The van der Waals surface area contributed by atoms with E-state index in [1.165, 1.54) is 49.1 Å². The molecule has 2 nitrogen and oxygen atoms in total. The standard InChI is InChI=1S/C12H21N.CN/c1-3-5-6-9-13-10-8-12(11-13)7-4-2;1-2/h8,10-11H,3-7,9H2,1-2H3;/q;-1/p+1. The van der Waals surface area contributed by atoms with Crippen LogP contribution in [0, 0.1) is 11.8 Å². The Bertz CT molecular complexity index is 226. The van der Waals surface area contributed by atoms with E-state index >= 15 is 0 Å². The number of nitrogens with one attached hydrogen (secondary N) is 1. The molecule has 84 valence electrons. The predicted molar refractivity (Wildman–Crippen MR) is 62.5 cm³/mol. The number of hydrogen-bond donors (Lipinski definition) is 1. The third kappa shape index (κ3) is 6.09. The molecule has 0 saturated heterocycles. The van der Waals surface area contributed by atoms with Gasteiger partial charge >= 0.3 is 0 Å². The molecular weight excluding hydrogens is 184 g/mol. The maximum atomic E-state index is 6.25. The van der Waals surface area contributed by atoms with Crippen molar-refractivity contribution >= 4 is 0 Å². The molecule has 0 saturated carbocycles. The van der Waals surface area contributed by atoms with Crippen molar-refractivity contribution in [3.63, 3.8) is 0 Å². The summed E-state index contributed by atoms with van der Waals surface area (Å²) in [6.07, 6.45) is 13.5. The lowest BCUT2D eigenvalue weighted by Gasteiger charge is -2.05. The van der Waals surface area contributed by atoms with E-state index in [4.69, 9.17) is 11.8 Å². The lowest BCUT2D eigenvalue weighted by Crippen LogP contribution is -3.01. The zero-order valence-electron chi connectivity index (χ0n) is 9.92. The van der Waals surface area contributed by atoms with Gasteiger partial charge in [0.15, 0.2) is 0 Å². The SMILES string of the molecule is CCCCC[NH+]1C=CC(CCC)=C1.[C-]#N. The lowest BCUT2D eigenvalue weighted by atomic mass is 10.2. The molecule has 0 aromatic rings. The monoisotopic (exact) mass is 206 g/mol. The Morgan fingerprint density at radius 2 is 1.93 bits per heavy atom. The summed E-state index contributed by atoms with van der Waals surface area (Å²) in [4.78, 5) is 1.54. The summed E-state index contributed by atoms with van der Waals surface area (Å²) in [7, 11) is 0. The highest BCUT2D eigenvalue weighted by Gasteiger charge is 2.09. The minimum absolute atomic E-state index is 1.24. The highest BCUT2D eigenvalue weighted by atomic mass is 15.1. The van der Waals surface area contributed by atoms with Crippen molar-refractivity contribution in [1.29, 1.82) is 5.26 Å². The van der Waals surface area contributed by atoms with Crippen molar-refractivity contribution in [3.8, 4) is 0 Å². The molecule has 0 amide bonds. The predicted octanol–water partition coefficient (Wildman–Crippen LogP) is 2.37. The summed E-state index contributed by atoms with van der Waals surface area (Å²) in [5.74, 6) is 0. The summed E-state index contributed by atoms with van der Waals surface area (Å²) in [5.41, 5.74) is 1.52. The summed E-state index contributed by atoms with van der Waals surface area (Å²) in [6.45, 7) is 10.5. The Balaban J connectivity index is 0.000000921. The van der Waals surface area contributed by atoms with Gasteiger partial charge in [-0.05, 0) is 19.3 Å². The largest absolute Gasteiger partial charge is 0.512 e. The van der Waals surface area contributed by atoms with Crippen molar-refractivity contribution in [2.24, 2.45) is 0 Å². The van der Waals surface area contributed by atoms with Crippen LogP contribution in [0.5, 0.6) is 0 Å². The summed E-state index contributed by atoms with van der Waals surface area (Å²) in [5, 5.41) is 6.25. The third-order valence-corrected chi connectivity index (χ3v) is 2.49. The van der Waals surface area contributed by atoms with Crippen molar-refractivity contribution in [2.75, 3.05) is 6.54 Å². The first-order valence-electron chi connectivity index (χ1n) is 5.83. The number of rotatable bonds is 6. The number of hydrogen-bond acceptors (Lipinski definition) is 1. The van der Waals surface area contributed by atoms with Crippen molar-refractivity contribution in [1.82, 2.24) is 0 Å². The molecule has 0 radical (unpaired) electrons. The summed E-state index contributed by atoms with van der Waals surface area (Å²) < 4.78 is 0. The van der Waals surface area contributed by atoms with Gasteiger partial charge in [0.05, 0.1) is 12.7 Å². The van der Waals surface area contributed by atoms with Gasteiger partial charge < -0.3 is 11.8 Å². The van der Waals surface area contributed by atoms with E-state index in [1.807, 2.05) is 0 Å². The van der Waals surface area contributed by atoms with Crippen LogP contribution in [0.25, 0.3) is 0 Å². The molecule has 15 heavy (non-hydrogen) atoms. The molecule has 1 heterocycles. The fourth-order valence-electron chi connectivity index (χ4n) is 1.73. The second-order valence-electron chi connectivity index (χ2n) is 3.83. The van der Waals surface area contributed by atoms with Gasteiger partial charge in [-0.1, -0.05) is 26.7 Å². The Kier molecular flexibility index (Phi) is 8.81. The normalized spacial score (nSPS) is 18.1. The van der Waals surface area contributed by atoms with Gasteiger partial charge in [0, 0.05) is 11.6 Å². The maximum Gasteiger partial charge on any atom is 0.102 e. The second kappa shape index (κ2) is 9.48. The van der Waals surface area contributed by atoms with Gasteiger partial charge in [0.2, 0.25) is 0 Å². The molecule has 1 unspecified atom stereocenters. The Morgan fingerprint density at radius 3 is 2.53 bits per heavy atom. The lowest BCUT2D eigenvalue weighted by molar-refractivity contribution is -0.788. The minimum atomic E-state index is 1.24. The number of nitrogens with zero attached hydrogens (tertiary/aromatic N) is 1. The third-order valence-electron chi connectivity index (χ3n) is 2.49. The van der Waals surface area contributed by atoms with Gasteiger partial charge in [-0.15, -0.1) is 0 Å². The van der Waals surface area contributed by atoms with Crippen LogP contribution in [-0.2, 0) is 0 Å². The van der Waals surface area contributed by atoms with Crippen LogP contribution in [0.1, 0.15) is 46.0 Å². The van der Waals surface area contributed by atoms with Gasteiger partial charge in [-0.2, -0.15) is 0 Å². The van der Waals surface area contributed by atoms with Gasteiger partial charge in [-0.25, -0.2) is 0 Å². The van der Waals surface area contributed by atoms with E-state index in [9.17, 15) is 0 Å². The average molecular weight is 206 g/mol. The van der Waals surface area contributed by atoms with E-state index in [1.54, 1.807) is 0 Å². The molecule has 0 aromatic heterocycles. The van der Waals surface area contributed by atoms with Crippen LogP contribution in [0.4, 0.5) is 0 Å². The second-order valence-corrected chi connectivity index (χ2v) is 3.83. The maximum absolute atomic E-state index is 6.25. The molecule has 1 aliphatic heterocycles. The van der Waals surface area contributed by atoms with Crippen molar-refractivity contribution in [2.45, 2.75) is 46.0 Å². The fourth-order valence-corrected chi connectivity index (χ4v) is 1.73. The van der Waals surface area contributed by atoms with Crippen LogP contribution < -0.4 is 4.90 Å². The molecule has 0 aromatic carbocycles. The van der Waals surface area contributed by atoms with E-state index in [0.29, 0.717) is 0 Å². The van der Waals surface area contributed by atoms with Crippen molar-refractivity contribution < 1.29 is 4.90 Å². The zero-order valence-corrected chi connectivity index (χ0v) is 9.92. The highest BCUT2D eigenvalue weighted by molar-refractivity contribution is 5.17. The Morgan fingerprint density at radius 1 is 1.20 bits per heavy atom.